The number of aliphatic hydroxyl groups is 1. The van der Waals surface area contributed by atoms with E-state index >= 15 is 0 Å². The summed E-state index contributed by atoms with van der Waals surface area (Å²) >= 11 is 1.43. The Morgan fingerprint density at radius 1 is 1.33 bits per heavy atom. The van der Waals surface area contributed by atoms with Crippen LogP contribution in [0.2, 0.25) is 0 Å². The summed E-state index contributed by atoms with van der Waals surface area (Å²) in [6, 6.07) is 6.25. The zero-order chi connectivity index (χ0) is 15.3. The minimum absolute atomic E-state index is 0.203. The molecular formula is C14H14N2O3S2. The molecule has 0 aliphatic carbocycles. The van der Waals surface area contributed by atoms with Crippen LogP contribution in [0.1, 0.15) is 11.3 Å². The summed E-state index contributed by atoms with van der Waals surface area (Å²) in [6.45, 7) is 0.00827. The maximum Gasteiger partial charge on any atom is 0.243 e. The third kappa shape index (κ3) is 3.89. The fourth-order valence-corrected chi connectivity index (χ4v) is 3.35. The van der Waals surface area contributed by atoms with Crippen molar-refractivity contribution in [1.29, 1.82) is 0 Å². The first-order valence-electron chi connectivity index (χ1n) is 6.07. The van der Waals surface area contributed by atoms with Crippen molar-refractivity contribution >= 4 is 21.4 Å². The fraction of sp³-hybridized carbons (Fsp3) is 0.214. The first-order chi connectivity index (χ1) is 10.0. The number of thiazole rings is 1. The molecule has 1 N–H and O–H groups in total. The van der Waals surface area contributed by atoms with Gasteiger partial charge in [-0.3, -0.25) is 0 Å². The van der Waals surface area contributed by atoms with Gasteiger partial charge in [-0.15, -0.1) is 11.3 Å². The number of hydrogen-bond donors (Lipinski definition) is 1. The van der Waals surface area contributed by atoms with Crippen LogP contribution in [0.5, 0.6) is 0 Å². The van der Waals surface area contributed by atoms with E-state index in [-0.39, 0.29) is 18.0 Å². The first-order valence-corrected chi connectivity index (χ1v) is 8.45. The normalized spacial score (nSPS) is 11.2. The van der Waals surface area contributed by atoms with E-state index in [9.17, 15) is 8.42 Å². The summed E-state index contributed by atoms with van der Waals surface area (Å²) < 4.78 is 26.1. The molecule has 0 aliphatic rings. The molecule has 0 radical (unpaired) electrons. The molecular weight excluding hydrogens is 308 g/mol. The second kappa shape index (κ2) is 6.83. The number of benzene rings is 1. The van der Waals surface area contributed by atoms with Crippen molar-refractivity contribution in [2.24, 2.45) is 0 Å². The molecule has 0 bridgehead atoms. The molecule has 7 heteroatoms. The molecule has 0 unspecified atom stereocenters. The van der Waals surface area contributed by atoms with Crippen molar-refractivity contribution in [2.45, 2.75) is 11.4 Å². The SMILES string of the molecule is CN(Cc1cscn1)S(=O)(=O)c1ccc(C#CCO)cc1. The van der Waals surface area contributed by atoms with Crippen molar-refractivity contribution in [3.63, 3.8) is 0 Å². The van der Waals surface area contributed by atoms with E-state index in [1.54, 1.807) is 17.6 Å². The molecule has 0 amide bonds. The van der Waals surface area contributed by atoms with Crippen LogP contribution in [0.3, 0.4) is 0 Å². The third-order valence-corrected chi connectivity index (χ3v) is 5.20. The number of aromatic nitrogens is 1. The molecule has 110 valence electrons. The molecule has 2 rings (SSSR count). The average molecular weight is 322 g/mol. The van der Waals surface area contributed by atoms with Crippen molar-refractivity contribution in [3.05, 3.63) is 46.4 Å². The highest BCUT2D eigenvalue weighted by molar-refractivity contribution is 7.89. The number of hydrogen-bond acceptors (Lipinski definition) is 5. The standard InChI is InChI=1S/C14H14N2O3S2/c1-16(9-13-10-20-11-15-13)21(18,19)14-6-4-12(5-7-14)3-2-8-17/h4-7,10-11,17H,8-9H2,1H3. The second-order valence-electron chi connectivity index (χ2n) is 4.23. The number of sulfonamides is 1. The summed E-state index contributed by atoms with van der Waals surface area (Å²) in [7, 11) is -2.03. The predicted octanol–water partition coefficient (Wildman–Crippen LogP) is 1.31. The van der Waals surface area contributed by atoms with Gasteiger partial charge in [-0.05, 0) is 24.3 Å². The van der Waals surface area contributed by atoms with Gasteiger partial charge in [0.25, 0.3) is 0 Å². The Bertz CT molecular complexity index is 742. The molecule has 0 spiro atoms. The number of rotatable bonds is 4. The van der Waals surface area contributed by atoms with Crippen LogP contribution < -0.4 is 0 Å². The predicted molar refractivity (Wildman–Crippen MR) is 81.2 cm³/mol. The zero-order valence-electron chi connectivity index (χ0n) is 11.4. The Hall–Kier alpha value is -1.72. The van der Waals surface area contributed by atoms with E-state index in [1.165, 1.54) is 34.8 Å². The van der Waals surface area contributed by atoms with E-state index in [1.807, 2.05) is 5.38 Å². The molecule has 21 heavy (non-hydrogen) atoms. The summed E-state index contributed by atoms with van der Waals surface area (Å²) in [5, 5.41) is 10.4. The number of aliphatic hydroxyl groups excluding tert-OH is 1. The minimum atomic E-state index is -3.55. The molecule has 0 aliphatic heterocycles. The molecule has 2 aromatic rings. The van der Waals surface area contributed by atoms with Crippen molar-refractivity contribution in [2.75, 3.05) is 13.7 Å². The lowest BCUT2D eigenvalue weighted by Gasteiger charge is -2.16. The van der Waals surface area contributed by atoms with Gasteiger partial charge in [-0.2, -0.15) is 4.31 Å². The Balaban J connectivity index is 2.18. The largest absolute Gasteiger partial charge is 0.384 e. The fourth-order valence-electron chi connectivity index (χ4n) is 1.66. The minimum Gasteiger partial charge on any atom is -0.384 e. The van der Waals surface area contributed by atoms with Gasteiger partial charge < -0.3 is 5.11 Å². The highest BCUT2D eigenvalue weighted by Crippen LogP contribution is 2.17. The van der Waals surface area contributed by atoms with Gasteiger partial charge in [-0.25, -0.2) is 13.4 Å². The number of nitrogens with zero attached hydrogens (tertiary/aromatic N) is 2. The Morgan fingerprint density at radius 3 is 2.62 bits per heavy atom. The Morgan fingerprint density at radius 2 is 2.05 bits per heavy atom. The molecule has 1 aromatic carbocycles. The van der Waals surface area contributed by atoms with Crippen LogP contribution in [0, 0.1) is 11.8 Å². The molecule has 0 saturated heterocycles. The van der Waals surface area contributed by atoms with Crippen LogP contribution in [-0.2, 0) is 16.6 Å². The second-order valence-corrected chi connectivity index (χ2v) is 6.99. The van der Waals surface area contributed by atoms with E-state index in [4.69, 9.17) is 5.11 Å². The van der Waals surface area contributed by atoms with Gasteiger partial charge in [0.15, 0.2) is 0 Å². The van der Waals surface area contributed by atoms with Gasteiger partial charge >= 0.3 is 0 Å². The van der Waals surface area contributed by atoms with Gasteiger partial charge in [0.05, 0.1) is 22.6 Å². The highest BCUT2D eigenvalue weighted by atomic mass is 32.2. The van der Waals surface area contributed by atoms with Crippen LogP contribution in [0.4, 0.5) is 0 Å². The van der Waals surface area contributed by atoms with E-state index in [2.05, 4.69) is 16.8 Å². The summed E-state index contributed by atoms with van der Waals surface area (Å²) in [5.74, 6) is 5.24. The zero-order valence-corrected chi connectivity index (χ0v) is 13.0. The molecule has 1 heterocycles. The quantitative estimate of drug-likeness (QED) is 0.862. The maximum absolute atomic E-state index is 12.4. The van der Waals surface area contributed by atoms with Crippen LogP contribution in [0.25, 0.3) is 0 Å². The van der Waals surface area contributed by atoms with Gasteiger partial charge in [0.1, 0.15) is 6.61 Å². The summed E-state index contributed by atoms with van der Waals surface area (Å²) in [4.78, 5) is 4.29. The van der Waals surface area contributed by atoms with Gasteiger partial charge in [0.2, 0.25) is 10.0 Å². The van der Waals surface area contributed by atoms with Crippen molar-refractivity contribution in [3.8, 4) is 11.8 Å². The van der Waals surface area contributed by atoms with Crippen molar-refractivity contribution in [1.82, 2.24) is 9.29 Å². The highest BCUT2D eigenvalue weighted by Gasteiger charge is 2.21. The van der Waals surface area contributed by atoms with E-state index < -0.39 is 10.0 Å². The van der Waals surface area contributed by atoms with E-state index in [0.717, 1.165) is 5.69 Å². The lowest BCUT2D eigenvalue weighted by Crippen LogP contribution is -2.26. The topological polar surface area (TPSA) is 70.5 Å². The summed E-state index contributed by atoms with van der Waals surface area (Å²) in [5.41, 5.74) is 3.05. The Kier molecular flexibility index (Phi) is 5.09. The monoisotopic (exact) mass is 322 g/mol. The smallest absolute Gasteiger partial charge is 0.243 e. The molecule has 0 atom stereocenters. The van der Waals surface area contributed by atoms with E-state index in [0.29, 0.717) is 5.56 Å². The van der Waals surface area contributed by atoms with Crippen LogP contribution >= 0.6 is 11.3 Å². The maximum atomic E-state index is 12.4. The lowest BCUT2D eigenvalue weighted by molar-refractivity contribution is 0.350. The first kappa shape index (κ1) is 15.7. The molecule has 0 fully saturated rings. The van der Waals surface area contributed by atoms with Crippen LogP contribution in [0.15, 0.2) is 40.1 Å². The summed E-state index contributed by atoms with van der Waals surface area (Å²) in [6.07, 6.45) is 0. The van der Waals surface area contributed by atoms with Gasteiger partial charge in [0, 0.05) is 18.0 Å². The molecule has 0 saturated carbocycles. The average Bonchev–Trinajstić information content (AvgIpc) is 2.98. The molecule has 1 aromatic heterocycles. The van der Waals surface area contributed by atoms with Crippen LogP contribution in [-0.4, -0.2) is 36.5 Å². The van der Waals surface area contributed by atoms with Gasteiger partial charge in [-0.1, -0.05) is 11.8 Å². The third-order valence-electron chi connectivity index (χ3n) is 2.74. The lowest BCUT2D eigenvalue weighted by atomic mass is 10.2. The van der Waals surface area contributed by atoms with Crippen molar-refractivity contribution < 1.29 is 13.5 Å². The Labute approximate surface area is 127 Å². The molecule has 5 nitrogen and oxygen atoms in total.